The van der Waals surface area contributed by atoms with Crippen LogP contribution in [0.3, 0.4) is 0 Å². The number of guanidine groups is 1. The van der Waals surface area contributed by atoms with E-state index in [0.717, 1.165) is 30.7 Å². The molecule has 30 heavy (non-hydrogen) atoms. The van der Waals surface area contributed by atoms with E-state index in [4.69, 9.17) is 14.2 Å². The Labute approximate surface area is 177 Å². The Morgan fingerprint density at radius 1 is 1.10 bits per heavy atom. The second-order valence-corrected chi connectivity index (χ2v) is 7.27. The number of methoxy groups -OCH3 is 2. The molecule has 1 aliphatic heterocycles. The largest absolute Gasteiger partial charge is 0.493 e. The van der Waals surface area contributed by atoms with Gasteiger partial charge in [-0.3, -0.25) is 10.1 Å². The SMILES string of the molecule is COc1ccc(C(=O)NC(=NCC2CCCO2)Nc2ccc(C)c(C)c2)cc1OC. The molecule has 2 aromatic rings. The summed E-state index contributed by atoms with van der Waals surface area (Å²) < 4.78 is 16.2. The molecule has 1 aliphatic rings. The summed E-state index contributed by atoms with van der Waals surface area (Å²) in [5, 5.41) is 6.11. The van der Waals surface area contributed by atoms with Gasteiger partial charge in [0.25, 0.3) is 5.91 Å². The molecule has 7 heteroatoms. The molecular weight excluding hydrogens is 382 g/mol. The van der Waals surface area contributed by atoms with Crippen molar-refractivity contribution in [3.8, 4) is 11.5 Å². The second kappa shape index (κ2) is 10.1. The van der Waals surface area contributed by atoms with E-state index in [1.165, 1.54) is 12.7 Å². The van der Waals surface area contributed by atoms with E-state index in [9.17, 15) is 4.79 Å². The Kier molecular flexibility index (Phi) is 7.30. The first-order chi connectivity index (χ1) is 14.5. The minimum absolute atomic E-state index is 0.0829. The maximum Gasteiger partial charge on any atom is 0.258 e. The number of nitrogens with zero attached hydrogens (tertiary/aromatic N) is 1. The number of benzene rings is 2. The van der Waals surface area contributed by atoms with Crippen molar-refractivity contribution in [2.24, 2.45) is 4.99 Å². The van der Waals surface area contributed by atoms with Crippen molar-refractivity contribution in [3.05, 3.63) is 53.1 Å². The van der Waals surface area contributed by atoms with E-state index in [2.05, 4.69) is 22.5 Å². The van der Waals surface area contributed by atoms with Gasteiger partial charge in [-0.2, -0.15) is 0 Å². The molecule has 0 radical (unpaired) electrons. The van der Waals surface area contributed by atoms with Gasteiger partial charge in [0.15, 0.2) is 11.5 Å². The van der Waals surface area contributed by atoms with Gasteiger partial charge in [-0.1, -0.05) is 6.07 Å². The van der Waals surface area contributed by atoms with Gasteiger partial charge in [0.1, 0.15) is 0 Å². The van der Waals surface area contributed by atoms with Crippen molar-refractivity contribution in [2.45, 2.75) is 32.8 Å². The second-order valence-electron chi connectivity index (χ2n) is 7.27. The lowest BCUT2D eigenvalue weighted by molar-refractivity contribution is 0.0975. The predicted octanol–water partition coefficient (Wildman–Crippen LogP) is 3.70. The third-order valence-corrected chi connectivity index (χ3v) is 5.12. The number of nitrogens with one attached hydrogen (secondary N) is 2. The molecule has 2 aromatic carbocycles. The molecule has 0 spiro atoms. The van der Waals surface area contributed by atoms with Crippen LogP contribution in [0.2, 0.25) is 0 Å². The predicted molar refractivity (Wildman–Crippen MR) is 118 cm³/mol. The van der Waals surface area contributed by atoms with Crippen LogP contribution in [0, 0.1) is 13.8 Å². The molecule has 1 fully saturated rings. The summed E-state index contributed by atoms with van der Waals surface area (Å²) in [6.07, 6.45) is 2.10. The van der Waals surface area contributed by atoms with E-state index in [-0.39, 0.29) is 12.0 Å². The molecule has 0 aliphatic carbocycles. The third-order valence-electron chi connectivity index (χ3n) is 5.12. The fourth-order valence-corrected chi connectivity index (χ4v) is 3.20. The molecule has 0 saturated carbocycles. The first-order valence-electron chi connectivity index (χ1n) is 10.0. The molecule has 1 saturated heterocycles. The van der Waals surface area contributed by atoms with Crippen molar-refractivity contribution in [1.82, 2.24) is 5.32 Å². The molecule has 160 valence electrons. The highest BCUT2D eigenvalue weighted by Crippen LogP contribution is 2.27. The number of carbonyl (C=O) groups is 1. The number of ether oxygens (including phenoxy) is 3. The maximum absolute atomic E-state index is 12.9. The molecule has 1 heterocycles. The average molecular weight is 412 g/mol. The van der Waals surface area contributed by atoms with E-state index in [1.54, 1.807) is 25.3 Å². The first-order valence-corrected chi connectivity index (χ1v) is 10.0. The van der Waals surface area contributed by atoms with Crippen molar-refractivity contribution >= 4 is 17.6 Å². The van der Waals surface area contributed by atoms with Gasteiger partial charge in [-0.05, 0) is 68.1 Å². The summed E-state index contributed by atoms with van der Waals surface area (Å²) >= 11 is 0. The molecule has 3 rings (SSSR count). The summed E-state index contributed by atoms with van der Waals surface area (Å²) in [5.41, 5.74) is 3.66. The standard InChI is InChI=1S/C23H29N3O4/c1-15-7-9-18(12-16(15)2)25-23(24-14-19-6-5-11-30-19)26-22(27)17-8-10-20(28-3)21(13-17)29-4/h7-10,12-13,19H,5-6,11,14H2,1-4H3,(H2,24,25,26,27). The van der Waals surface area contributed by atoms with Crippen LogP contribution in [0.5, 0.6) is 11.5 Å². The first kappa shape index (κ1) is 21.6. The topological polar surface area (TPSA) is 81.2 Å². The Morgan fingerprint density at radius 3 is 2.57 bits per heavy atom. The molecule has 0 bridgehead atoms. The molecule has 0 aromatic heterocycles. The molecule has 1 atom stereocenters. The van der Waals surface area contributed by atoms with Gasteiger partial charge in [0.2, 0.25) is 5.96 Å². The van der Waals surface area contributed by atoms with Crippen LogP contribution in [0.15, 0.2) is 41.4 Å². The number of rotatable bonds is 6. The van der Waals surface area contributed by atoms with Gasteiger partial charge in [0, 0.05) is 17.9 Å². The van der Waals surface area contributed by atoms with Gasteiger partial charge >= 0.3 is 0 Å². The van der Waals surface area contributed by atoms with Gasteiger partial charge in [-0.15, -0.1) is 0 Å². The van der Waals surface area contributed by atoms with Gasteiger partial charge in [0.05, 0.1) is 26.9 Å². The number of anilines is 1. The zero-order valence-electron chi connectivity index (χ0n) is 18.0. The number of aryl methyl sites for hydroxylation is 2. The van der Waals surface area contributed by atoms with E-state index < -0.39 is 0 Å². The van der Waals surface area contributed by atoms with E-state index >= 15 is 0 Å². The number of hydrogen-bond acceptors (Lipinski definition) is 5. The summed E-state index contributed by atoms with van der Waals surface area (Å²) in [4.78, 5) is 17.5. The van der Waals surface area contributed by atoms with E-state index in [1.807, 2.05) is 25.1 Å². The van der Waals surface area contributed by atoms with Crippen molar-refractivity contribution in [2.75, 3.05) is 32.7 Å². The minimum Gasteiger partial charge on any atom is -0.493 e. The lowest BCUT2D eigenvalue weighted by atomic mass is 10.1. The zero-order chi connectivity index (χ0) is 21.5. The van der Waals surface area contributed by atoms with E-state index in [0.29, 0.717) is 29.6 Å². The highest BCUT2D eigenvalue weighted by Gasteiger charge is 2.17. The monoisotopic (exact) mass is 411 g/mol. The summed E-state index contributed by atoms with van der Waals surface area (Å²) in [7, 11) is 3.09. The molecule has 2 N–H and O–H groups in total. The van der Waals surface area contributed by atoms with Crippen LogP contribution in [0.4, 0.5) is 5.69 Å². The molecule has 7 nitrogen and oxygen atoms in total. The van der Waals surface area contributed by atoms with Crippen LogP contribution in [-0.2, 0) is 4.74 Å². The molecule has 1 amide bonds. The molecule has 1 unspecified atom stereocenters. The average Bonchev–Trinajstić information content (AvgIpc) is 3.27. The van der Waals surface area contributed by atoms with Crippen molar-refractivity contribution < 1.29 is 19.0 Å². The van der Waals surface area contributed by atoms with Crippen LogP contribution in [-0.4, -0.2) is 45.3 Å². The van der Waals surface area contributed by atoms with Crippen LogP contribution < -0.4 is 20.1 Å². The van der Waals surface area contributed by atoms with Crippen molar-refractivity contribution in [1.29, 1.82) is 0 Å². The Hall–Kier alpha value is -3.06. The van der Waals surface area contributed by atoms with Crippen LogP contribution in [0.1, 0.15) is 34.3 Å². The van der Waals surface area contributed by atoms with Crippen LogP contribution >= 0.6 is 0 Å². The van der Waals surface area contributed by atoms with Crippen molar-refractivity contribution in [3.63, 3.8) is 0 Å². The number of carbonyl (C=O) groups excluding carboxylic acids is 1. The lowest BCUT2D eigenvalue weighted by Gasteiger charge is -2.15. The third kappa shape index (κ3) is 5.51. The zero-order valence-corrected chi connectivity index (χ0v) is 18.0. The Balaban J connectivity index is 1.79. The highest BCUT2D eigenvalue weighted by atomic mass is 16.5. The normalized spacial score (nSPS) is 16.3. The number of aliphatic imine (C=N–C) groups is 1. The number of hydrogen-bond donors (Lipinski definition) is 2. The quantitative estimate of drug-likeness (QED) is 0.560. The van der Waals surface area contributed by atoms with Crippen LogP contribution in [0.25, 0.3) is 0 Å². The summed E-state index contributed by atoms with van der Waals surface area (Å²) in [5.74, 6) is 1.15. The highest BCUT2D eigenvalue weighted by molar-refractivity contribution is 6.10. The fraction of sp³-hybridized carbons (Fsp3) is 0.391. The Bertz CT molecular complexity index is 921. The summed E-state index contributed by atoms with van der Waals surface area (Å²) in [6.45, 7) is 5.35. The van der Waals surface area contributed by atoms with Gasteiger partial charge < -0.3 is 19.5 Å². The van der Waals surface area contributed by atoms with Gasteiger partial charge in [-0.25, -0.2) is 4.99 Å². The minimum atomic E-state index is -0.293. The lowest BCUT2D eigenvalue weighted by Crippen LogP contribution is -2.36. The fourth-order valence-electron chi connectivity index (χ4n) is 3.20. The number of amides is 1. The Morgan fingerprint density at radius 2 is 1.90 bits per heavy atom. The summed E-state index contributed by atoms with van der Waals surface area (Å²) in [6, 6.07) is 11.1. The molecular formula is C23H29N3O4. The smallest absolute Gasteiger partial charge is 0.258 e. The maximum atomic E-state index is 12.9.